The fourth-order valence-electron chi connectivity index (χ4n) is 7.76. The number of ketones is 1. The maximum absolute atomic E-state index is 14.6. The summed E-state index contributed by atoms with van der Waals surface area (Å²) in [5, 5.41) is 15.5. The Bertz CT molecular complexity index is 2280. The van der Waals surface area contributed by atoms with E-state index in [4.69, 9.17) is 26.7 Å². The summed E-state index contributed by atoms with van der Waals surface area (Å²) in [7, 11) is 1.46. The molecule has 7 amide bonds. The molecule has 2 heterocycles. The number of urea groups is 1. The number of nitrogens with one attached hydrogen (secondary N) is 4. The second-order valence-electron chi connectivity index (χ2n) is 16.1. The van der Waals surface area contributed by atoms with Gasteiger partial charge in [-0.15, -0.1) is 0 Å². The molecule has 4 bridgehead atoms. The van der Waals surface area contributed by atoms with Crippen LogP contribution in [-0.4, -0.2) is 123 Å². The summed E-state index contributed by atoms with van der Waals surface area (Å²) >= 11 is 0. The molecule has 3 aromatic rings. The summed E-state index contributed by atoms with van der Waals surface area (Å²) in [6, 6.07) is 11.7. The molecule has 0 saturated carbocycles. The largest absolute Gasteiger partial charge is 0.492 e. The SMILES string of the molecule is Cc1ccc(C(=O)N[C@@H](CCN)C(=O)N(C)[C@@H]2C(=O)N[C@@H](C)C(=O)CCC[C@H](C(=O)NC/C=N/N3CC(=O)NC3=O)Cc3ccc(OCCN)c(c3)-c3cc2ccc3OCCN)c(C)c1. The fraction of sp³-hybridized carbons (Fsp3) is 0.435. The third-order valence-corrected chi connectivity index (χ3v) is 11.1. The number of aryl methyl sites for hydroxylation is 2. The smallest absolute Gasteiger partial charge is 0.344 e. The first-order chi connectivity index (χ1) is 31.1. The lowest BCUT2D eigenvalue weighted by atomic mass is 9.89. The van der Waals surface area contributed by atoms with E-state index in [-0.39, 0.29) is 83.3 Å². The molecule has 19 heteroatoms. The highest BCUT2D eigenvalue weighted by Gasteiger charge is 2.36. The number of hydrogen-bond donors (Lipinski definition) is 7. The lowest BCUT2D eigenvalue weighted by molar-refractivity contribution is -0.141. The van der Waals surface area contributed by atoms with Crippen molar-refractivity contribution in [3.63, 3.8) is 0 Å². The molecule has 1 fully saturated rings. The monoisotopic (exact) mass is 896 g/mol. The van der Waals surface area contributed by atoms with Crippen LogP contribution in [0.2, 0.25) is 0 Å². The molecule has 19 nitrogen and oxygen atoms in total. The van der Waals surface area contributed by atoms with Crippen LogP contribution in [-0.2, 0) is 30.4 Å². The molecule has 0 aliphatic carbocycles. The maximum Gasteiger partial charge on any atom is 0.344 e. The Morgan fingerprint density at radius 2 is 1.63 bits per heavy atom. The first-order valence-electron chi connectivity index (χ1n) is 21.7. The average Bonchev–Trinajstić information content (AvgIpc) is 3.60. The molecule has 0 aromatic heterocycles. The number of rotatable bonds is 16. The number of nitrogens with zero attached hydrogens (tertiary/aromatic N) is 3. The van der Waals surface area contributed by atoms with E-state index in [2.05, 4.69) is 26.4 Å². The van der Waals surface area contributed by atoms with Gasteiger partial charge in [0, 0.05) is 55.4 Å². The molecular formula is C46H60N10O9. The minimum Gasteiger partial charge on any atom is -0.492 e. The Morgan fingerprint density at radius 3 is 2.28 bits per heavy atom. The van der Waals surface area contributed by atoms with Crippen molar-refractivity contribution < 1.29 is 43.0 Å². The van der Waals surface area contributed by atoms with Gasteiger partial charge >= 0.3 is 6.03 Å². The van der Waals surface area contributed by atoms with E-state index in [0.29, 0.717) is 40.2 Å². The predicted molar refractivity (Wildman–Crippen MR) is 243 cm³/mol. The number of imide groups is 1. The minimum absolute atomic E-state index is 0.0295. The molecule has 0 radical (unpaired) electrons. The number of hydrogen-bond acceptors (Lipinski definition) is 13. The second kappa shape index (κ2) is 23.3. The first-order valence-corrected chi connectivity index (χ1v) is 21.7. The number of Topliss-reactive ketones (excluding diaryl/α,β-unsaturated/α-hetero) is 1. The predicted octanol–water partition coefficient (Wildman–Crippen LogP) is 1.36. The third kappa shape index (κ3) is 13.0. The van der Waals surface area contributed by atoms with Crippen LogP contribution in [0.25, 0.3) is 11.1 Å². The van der Waals surface area contributed by atoms with E-state index in [0.717, 1.165) is 21.7 Å². The van der Waals surface area contributed by atoms with Crippen molar-refractivity contribution in [3.05, 3.63) is 82.4 Å². The summed E-state index contributed by atoms with van der Waals surface area (Å²) in [4.78, 5) is 94.7. The first kappa shape index (κ1) is 49.3. The van der Waals surface area contributed by atoms with Gasteiger partial charge in [0.1, 0.15) is 43.3 Å². The van der Waals surface area contributed by atoms with E-state index in [1.165, 1.54) is 18.2 Å². The van der Waals surface area contributed by atoms with Crippen molar-refractivity contribution in [1.82, 2.24) is 31.2 Å². The van der Waals surface area contributed by atoms with Gasteiger partial charge in [0.15, 0.2) is 5.78 Å². The van der Waals surface area contributed by atoms with Crippen LogP contribution in [0.15, 0.2) is 59.7 Å². The number of hydrazone groups is 1. The number of amides is 7. The second-order valence-corrected chi connectivity index (χ2v) is 16.1. The molecule has 4 atom stereocenters. The molecule has 0 unspecified atom stereocenters. The quantitative estimate of drug-likeness (QED) is 0.0793. The number of ether oxygens (including phenoxy) is 2. The average molecular weight is 897 g/mol. The summed E-state index contributed by atoms with van der Waals surface area (Å²) in [5.74, 6) is -2.65. The molecule has 2 aliphatic rings. The van der Waals surface area contributed by atoms with Gasteiger partial charge in [-0.25, -0.2) is 9.80 Å². The van der Waals surface area contributed by atoms with Gasteiger partial charge in [0.2, 0.25) is 23.6 Å². The van der Waals surface area contributed by atoms with E-state index < -0.39 is 53.7 Å². The highest BCUT2D eigenvalue weighted by Crippen LogP contribution is 2.40. The maximum atomic E-state index is 14.6. The molecule has 348 valence electrons. The van der Waals surface area contributed by atoms with Crippen LogP contribution in [0.4, 0.5) is 4.79 Å². The van der Waals surface area contributed by atoms with Crippen LogP contribution < -0.4 is 47.9 Å². The van der Waals surface area contributed by atoms with Gasteiger partial charge in [-0.1, -0.05) is 29.8 Å². The Balaban J connectivity index is 1.56. The highest BCUT2D eigenvalue weighted by atomic mass is 16.5. The van der Waals surface area contributed by atoms with E-state index in [1.54, 1.807) is 50.2 Å². The molecular weight excluding hydrogens is 837 g/mol. The Kier molecular flexibility index (Phi) is 17.7. The normalized spacial score (nSPS) is 18.4. The van der Waals surface area contributed by atoms with Crippen molar-refractivity contribution in [1.29, 1.82) is 0 Å². The van der Waals surface area contributed by atoms with Crippen molar-refractivity contribution in [2.24, 2.45) is 28.2 Å². The zero-order valence-electron chi connectivity index (χ0n) is 37.3. The molecule has 1 saturated heterocycles. The zero-order valence-corrected chi connectivity index (χ0v) is 37.3. The number of likely N-dealkylation sites (N-methyl/N-ethyl adjacent to an activating group) is 1. The van der Waals surface area contributed by atoms with Crippen molar-refractivity contribution >= 4 is 47.6 Å². The zero-order chi connectivity index (χ0) is 47.2. The van der Waals surface area contributed by atoms with Gasteiger partial charge in [-0.3, -0.25) is 34.1 Å². The number of nitrogens with two attached hydrogens (primary N) is 3. The number of carbonyl (C=O) groups excluding carboxylic acids is 7. The van der Waals surface area contributed by atoms with Crippen LogP contribution in [0, 0.1) is 19.8 Å². The third-order valence-electron chi connectivity index (χ3n) is 11.1. The summed E-state index contributed by atoms with van der Waals surface area (Å²) in [5.41, 5.74) is 21.9. The molecule has 0 spiro atoms. The van der Waals surface area contributed by atoms with Crippen molar-refractivity contribution in [2.45, 2.75) is 71.0 Å². The van der Waals surface area contributed by atoms with Gasteiger partial charge in [-0.05, 0) is 100 Å². The highest BCUT2D eigenvalue weighted by molar-refractivity contribution is 6.02. The minimum atomic E-state index is -1.32. The van der Waals surface area contributed by atoms with Crippen LogP contribution >= 0.6 is 0 Å². The Labute approximate surface area is 378 Å². The molecule has 5 rings (SSSR count). The molecule has 65 heavy (non-hydrogen) atoms. The molecule has 3 aromatic carbocycles. The van der Waals surface area contributed by atoms with E-state index in [9.17, 15) is 33.6 Å². The Morgan fingerprint density at radius 1 is 0.938 bits per heavy atom. The van der Waals surface area contributed by atoms with Gasteiger partial charge in [0.25, 0.3) is 5.91 Å². The van der Waals surface area contributed by atoms with Crippen molar-refractivity contribution in [2.75, 3.05) is 53.0 Å². The molecule has 10 N–H and O–H groups in total. The Hall–Kier alpha value is -6.70. The van der Waals surface area contributed by atoms with Gasteiger partial charge in [-0.2, -0.15) is 5.10 Å². The van der Waals surface area contributed by atoms with Crippen LogP contribution in [0.3, 0.4) is 0 Å². The van der Waals surface area contributed by atoms with Gasteiger partial charge in [0.05, 0.1) is 12.6 Å². The standard InChI is InChI=1S/C46H60N10O9/c1-27-8-11-33(28(2)22-27)43(60)53-36(14-15-47)45(62)55(4)41-31-10-13-39(65-21-17-49)35(25-31)34-24-30(9-12-38(34)64-20-16-48)23-32(6-5-7-37(57)29(3)52-44(41)61)42(59)50-18-19-51-56-26-40(58)54-46(56)63/h8-13,19,22,24-25,29,32,36,41H,5-7,14-18,20-21,23,26,47-49H2,1-4H3,(H,50,59)(H,52,61)(H,53,60)(H,54,58,63)/b51-19+/t29-,32-,36-,41-/m0/s1. The summed E-state index contributed by atoms with van der Waals surface area (Å²) < 4.78 is 12.3. The van der Waals surface area contributed by atoms with E-state index in [1.807, 2.05) is 25.1 Å². The summed E-state index contributed by atoms with van der Waals surface area (Å²) in [6.07, 6.45) is 2.24. The lowest BCUT2D eigenvalue weighted by Gasteiger charge is -2.32. The number of carbonyl (C=O) groups is 7. The lowest BCUT2D eigenvalue weighted by Crippen LogP contribution is -2.52. The van der Waals surface area contributed by atoms with E-state index >= 15 is 0 Å². The van der Waals surface area contributed by atoms with Crippen molar-refractivity contribution in [3.8, 4) is 22.6 Å². The summed E-state index contributed by atoms with van der Waals surface area (Å²) in [6.45, 7) is 5.76. The molecule has 2 aliphatic heterocycles. The number of benzene rings is 3. The topological polar surface area (TPSA) is 283 Å². The number of fused-ring (bicyclic) bond motifs is 5. The van der Waals surface area contributed by atoms with Crippen LogP contribution in [0.1, 0.15) is 71.3 Å². The fourth-order valence-corrected chi connectivity index (χ4v) is 7.76. The van der Waals surface area contributed by atoms with Gasteiger partial charge < -0.3 is 47.5 Å². The van der Waals surface area contributed by atoms with Crippen LogP contribution in [0.5, 0.6) is 11.5 Å².